The molecule has 0 saturated carbocycles. The summed E-state index contributed by atoms with van der Waals surface area (Å²) in [5, 5.41) is 4.96. The number of H-pyrrole nitrogens is 1. The van der Waals surface area contributed by atoms with Gasteiger partial charge >= 0.3 is 0 Å². The average molecular weight is 228 g/mol. The van der Waals surface area contributed by atoms with E-state index in [-0.39, 0.29) is 0 Å². The van der Waals surface area contributed by atoms with Gasteiger partial charge in [-0.2, -0.15) is 0 Å². The minimum absolute atomic E-state index is 0.778. The molecule has 0 spiro atoms. The fraction of sp³-hybridized carbons (Fsp3) is 0.467. The lowest BCUT2D eigenvalue weighted by molar-refractivity contribution is 0.537. The van der Waals surface area contributed by atoms with Gasteiger partial charge < -0.3 is 10.3 Å². The first-order valence-electron chi connectivity index (χ1n) is 6.72. The largest absolute Gasteiger partial charge is 0.361 e. The van der Waals surface area contributed by atoms with Gasteiger partial charge in [0.15, 0.2) is 0 Å². The van der Waals surface area contributed by atoms with Gasteiger partial charge in [0.1, 0.15) is 0 Å². The fourth-order valence-corrected chi connectivity index (χ4v) is 2.88. The standard InChI is InChI=1S/C15H20N2/c1-2-9-15-14(8-1)12(11-17-15)5-3-6-13-7-4-10-16-13/h1-2,8-9,11,13,16-17H,3-7,10H2. The Labute approximate surface area is 102 Å². The van der Waals surface area contributed by atoms with Crippen LogP contribution in [0.25, 0.3) is 10.9 Å². The van der Waals surface area contributed by atoms with Crippen molar-refractivity contribution in [2.75, 3.05) is 6.54 Å². The molecule has 0 bridgehead atoms. The molecule has 1 aromatic heterocycles. The molecule has 1 atom stereocenters. The summed E-state index contributed by atoms with van der Waals surface area (Å²) >= 11 is 0. The molecular formula is C15H20N2. The molecule has 1 aliphatic rings. The van der Waals surface area contributed by atoms with Crippen molar-refractivity contribution in [3.63, 3.8) is 0 Å². The number of benzene rings is 1. The highest BCUT2D eigenvalue weighted by Crippen LogP contribution is 2.20. The summed E-state index contributed by atoms with van der Waals surface area (Å²) in [4.78, 5) is 3.35. The summed E-state index contributed by atoms with van der Waals surface area (Å²) in [6.45, 7) is 1.22. The van der Waals surface area contributed by atoms with Crippen LogP contribution in [0, 0.1) is 0 Å². The van der Waals surface area contributed by atoms with Crippen molar-refractivity contribution in [1.82, 2.24) is 10.3 Å². The molecule has 1 fully saturated rings. The van der Waals surface area contributed by atoms with Gasteiger partial charge in [-0.1, -0.05) is 18.2 Å². The predicted octanol–water partition coefficient (Wildman–Crippen LogP) is 3.24. The quantitative estimate of drug-likeness (QED) is 0.826. The first-order chi connectivity index (χ1) is 8.43. The van der Waals surface area contributed by atoms with Crippen molar-refractivity contribution < 1.29 is 0 Å². The number of fused-ring (bicyclic) bond motifs is 1. The molecule has 0 amide bonds. The summed E-state index contributed by atoms with van der Waals surface area (Å²) < 4.78 is 0. The molecular weight excluding hydrogens is 208 g/mol. The molecule has 1 unspecified atom stereocenters. The second-order valence-electron chi connectivity index (χ2n) is 5.05. The number of nitrogens with one attached hydrogen (secondary N) is 2. The van der Waals surface area contributed by atoms with E-state index in [0.29, 0.717) is 0 Å². The number of aromatic amines is 1. The lowest BCUT2D eigenvalue weighted by atomic mass is 10.0. The van der Waals surface area contributed by atoms with Gasteiger partial charge in [-0.05, 0) is 50.3 Å². The minimum atomic E-state index is 0.778. The molecule has 90 valence electrons. The van der Waals surface area contributed by atoms with Crippen molar-refractivity contribution in [2.45, 2.75) is 38.1 Å². The summed E-state index contributed by atoms with van der Waals surface area (Å²) in [7, 11) is 0. The van der Waals surface area contributed by atoms with E-state index in [2.05, 4.69) is 40.8 Å². The monoisotopic (exact) mass is 228 g/mol. The lowest BCUT2D eigenvalue weighted by Gasteiger charge is -2.08. The van der Waals surface area contributed by atoms with Crippen LogP contribution in [-0.2, 0) is 6.42 Å². The second-order valence-corrected chi connectivity index (χ2v) is 5.05. The number of rotatable bonds is 4. The molecule has 0 aliphatic carbocycles. The first-order valence-corrected chi connectivity index (χ1v) is 6.72. The molecule has 2 aromatic rings. The van der Waals surface area contributed by atoms with Crippen LogP contribution in [0.4, 0.5) is 0 Å². The van der Waals surface area contributed by atoms with Crippen LogP contribution in [0.15, 0.2) is 30.5 Å². The van der Waals surface area contributed by atoms with Crippen molar-refractivity contribution >= 4 is 10.9 Å². The van der Waals surface area contributed by atoms with E-state index in [1.54, 1.807) is 0 Å². The van der Waals surface area contributed by atoms with Crippen molar-refractivity contribution in [2.24, 2.45) is 0 Å². The molecule has 1 aliphatic heterocycles. The van der Waals surface area contributed by atoms with Crippen molar-refractivity contribution in [1.29, 1.82) is 0 Å². The van der Waals surface area contributed by atoms with E-state index in [9.17, 15) is 0 Å². The number of aryl methyl sites for hydroxylation is 1. The maximum Gasteiger partial charge on any atom is 0.0456 e. The Morgan fingerprint density at radius 1 is 1.24 bits per heavy atom. The third kappa shape index (κ3) is 2.37. The molecule has 3 rings (SSSR count). The van der Waals surface area contributed by atoms with Crippen LogP contribution in [0.2, 0.25) is 0 Å². The lowest BCUT2D eigenvalue weighted by Crippen LogP contribution is -2.20. The molecule has 2 heterocycles. The zero-order valence-electron chi connectivity index (χ0n) is 10.2. The topological polar surface area (TPSA) is 27.8 Å². The van der Waals surface area contributed by atoms with Crippen molar-refractivity contribution in [3.05, 3.63) is 36.0 Å². The summed E-state index contributed by atoms with van der Waals surface area (Å²) in [5.74, 6) is 0. The molecule has 0 radical (unpaired) electrons. The number of para-hydroxylation sites is 1. The third-order valence-corrected chi connectivity index (χ3v) is 3.84. The Morgan fingerprint density at radius 2 is 2.18 bits per heavy atom. The molecule has 2 N–H and O–H groups in total. The number of aromatic nitrogens is 1. The van der Waals surface area contributed by atoms with Gasteiger partial charge in [0, 0.05) is 23.1 Å². The first kappa shape index (κ1) is 10.8. The smallest absolute Gasteiger partial charge is 0.0456 e. The van der Waals surface area contributed by atoms with Crippen LogP contribution in [0.5, 0.6) is 0 Å². The normalized spacial score (nSPS) is 20.1. The van der Waals surface area contributed by atoms with Crippen LogP contribution in [0.3, 0.4) is 0 Å². The SMILES string of the molecule is c1ccc2c(CCCC3CCCN3)c[nH]c2c1. The predicted molar refractivity (Wildman–Crippen MR) is 72.3 cm³/mol. The van der Waals surface area contributed by atoms with Crippen LogP contribution >= 0.6 is 0 Å². The van der Waals surface area contributed by atoms with Gasteiger partial charge in [-0.25, -0.2) is 0 Å². The third-order valence-electron chi connectivity index (χ3n) is 3.84. The van der Waals surface area contributed by atoms with E-state index in [1.807, 2.05) is 0 Å². The van der Waals surface area contributed by atoms with E-state index in [4.69, 9.17) is 0 Å². The molecule has 17 heavy (non-hydrogen) atoms. The number of hydrogen-bond acceptors (Lipinski definition) is 1. The Bertz CT molecular complexity index is 480. The van der Waals surface area contributed by atoms with Gasteiger partial charge in [0.05, 0.1) is 0 Å². The van der Waals surface area contributed by atoms with E-state index < -0.39 is 0 Å². The van der Waals surface area contributed by atoms with Crippen LogP contribution in [0.1, 0.15) is 31.2 Å². The van der Waals surface area contributed by atoms with Gasteiger partial charge in [-0.3, -0.25) is 0 Å². The van der Waals surface area contributed by atoms with Gasteiger partial charge in [-0.15, -0.1) is 0 Å². The highest BCUT2D eigenvalue weighted by molar-refractivity contribution is 5.82. The Kier molecular flexibility index (Phi) is 3.14. The molecule has 1 saturated heterocycles. The second kappa shape index (κ2) is 4.92. The van der Waals surface area contributed by atoms with Crippen LogP contribution < -0.4 is 5.32 Å². The summed E-state index contributed by atoms with van der Waals surface area (Å²) in [5.41, 5.74) is 2.74. The van der Waals surface area contributed by atoms with E-state index in [1.165, 1.54) is 55.1 Å². The summed E-state index contributed by atoms with van der Waals surface area (Å²) in [6.07, 6.45) is 8.71. The average Bonchev–Trinajstić information content (AvgIpc) is 2.99. The van der Waals surface area contributed by atoms with E-state index >= 15 is 0 Å². The summed E-state index contributed by atoms with van der Waals surface area (Å²) in [6, 6.07) is 9.36. The molecule has 2 heteroatoms. The maximum atomic E-state index is 3.57. The zero-order valence-corrected chi connectivity index (χ0v) is 10.2. The zero-order chi connectivity index (χ0) is 11.5. The van der Waals surface area contributed by atoms with Crippen molar-refractivity contribution in [3.8, 4) is 0 Å². The highest BCUT2D eigenvalue weighted by atomic mass is 14.9. The highest BCUT2D eigenvalue weighted by Gasteiger charge is 2.13. The van der Waals surface area contributed by atoms with Crippen LogP contribution in [-0.4, -0.2) is 17.6 Å². The number of hydrogen-bond donors (Lipinski definition) is 2. The Balaban J connectivity index is 1.60. The maximum absolute atomic E-state index is 3.57. The Hall–Kier alpha value is -1.28. The Morgan fingerprint density at radius 3 is 3.06 bits per heavy atom. The van der Waals surface area contributed by atoms with Gasteiger partial charge in [0.2, 0.25) is 0 Å². The molecule has 2 nitrogen and oxygen atoms in total. The minimum Gasteiger partial charge on any atom is -0.361 e. The van der Waals surface area contributed by atoms with E-state index in [0.717, 1.165) is 6.04 Å². The molecule has 1 aromatic carbocycles. The fourth-order valence-electron chi connectivity index (χ4n) is 2.88. The van der Waals surface area contributed by atoms with Gasteiger partial charge in [0.25, 0.3) is 0 Å².